The molecule has 13 heteroatoms. The zero-order valence-corrected chi connectivity index (χ0v) is 21.3. The number of carbonyl (C=O) groups is 4. The molecule has 0 aliphatic rings. The zero-order valence-electron chi connectivity index (χ0n) is 20.4. The molecule has 10 N–H and O–H groups in total. The minimum Gasteiger partial charge on any atom is -0.480 e. The topological polar surface area (TPSA) is 215 Å². The van der Waals surface area contributed by atoms with Crippen LogP contribution in [0.2, 0.25) is 0 Å². The van der Waals surface area contributed by atoms with Crippen LogP contribution in [-0.2, 0) is 19.2 Å². The molecule has 0 saturated carbocycles. The van der Waals surface area contributed by atoms with Gasteiger partial charge in [-0.3, -0.25) is 19.4 Å². The zero-order chi connectivity index (χ0) is 26.4. The van der Waals surface area contributed by atoms with Gasteiger partial charge in [0.25, 0.3) is 0 Å². The molecule has 0 aromatic rings. The number of guanidine groups is 1. The van der Waals surface area contributed by atoms with Gasteiger partial charge in [0.2, 0.25) is 17.7 Å². The summed E-state index contributed by atoms with van der Waals surface area (Å²) >= 11 is 4.00. The summed E-state index contributed by atoms with van der Waals surface area (Å²) in [6, 6.07) is -3.95. The summed E-state index contributed by atoms with van der Waals surface area (Å²) < 4.78 is 0. The highest BCUT2D eigenvalue weighted by molar-refractivity contribution is 7.80. The molecule has 0 spiro atoms. The van der Waals surface area contributed by atoms with Gasteiger partial charge in [-0.05, 0) is 37.5 Å². The Kier molecular flexibility index (Phi) is 14.9. The molecule has 4 unspecified atom stereocenters. The van der Waals surface area contributed by atoms with Crippen molar-refractivity contribution in [2.45, 2.75) is 77.5 Å². The molecule has 4 atom stereocenters. The van der Waals surface area contributed by atoms with Crippen molar-refractivity contribution in [3.63, 3.8) is 0 Å². The van der Waals surface area contributed by atoms with Crippen molar-refractivity contribution in [2.24, 2.45) is 34.0 Å². The van der Waals surface area contributed by atoms with Gasteiger partial charge in [0.15, 0.2) is 5.96 Å². The molecule has 12 nitrogen and oxygen atoms in total. The number of nitrogens with one attached hydrogen (secondary N) is 3. The van der Waals surface area contributed by atoms with Gasteiger partial charge in [-0.1, -0.05) is 27.7 Å². The number of thiol groups is 1. The van der Waals surface area contributed by atoms with E-state index in [1.165, 1.54) is 0 Å². The highest BCUT2D eigenvalue weighted by atomic mass is 32.1. The molecule has 3 amide bonds. The second-order valence-electron chi connectivity index (χ2n) is 9.02. The van der Waals surface area contributed by atoms with Crippen LogP contribution in [-0.4, -0.2) is 71.2 Å². The minimum atomic E-state index is -1.21. The number of aliphatic imine (C=N–C) groups is 1. The maximum atomic E-state index is 13.0. The Labute approximate surface area is 206 Å². The van der Waals surface area contributed by atoms with Crippen molar-refractivity contribution < 1.29 is 24.3 Å². The van der Waals surface area contributed by atoms with Crippen molar-refractivity contribution in [2.75, 3.05) is 12.3 Å². The van der Waals surface area contributed by atoms with E-state index in [-0.39, 0.29) is 42.9 Å². The third-order valence-electron chi connectivity index (χ3n) is 4.77. The Balaban J connectivity index is 5.41. The number of rotatable bonds is 16. The molecule has 0 heterocycles. The van der Waals surface area contributed by atoms with Crippen LogP contribution in [0.5, 0.6) is 0 Å². The van der Waals surface area contributed by atoms with E-state index in [1.54, 1.807) is 0 Å². The van der Waals surface area contributed by atoms with Crippen LogP contribution in [0.3, 0.4) is 0 Å². The quantitative estimate of drug-likeness (QED) is 0.0560. The molecule has 34 heavy (non-hydrogen) atoms. The Bertz CT molecular complexity index is 714. The molecule has 0 saturated heterocycles. The van der Waals surface area contributed by atoms with E-state index in [9.17, 15) is 24.3 Å². The molecule has 0 aliphatic carbocycles. The lowest BCUT2D eigenvalue weighted by molar-refractivity contribution is -0.142. The number of hydrogen-bond acceptors (Lipinski definition) is 7. The first kappa shape index (κ1) is 31.5. The average molecular weight is 504 g/mol. The van der Waals surface area contributed by atoms with Crippen molar-refractivity contribution >= 4 is 42.3 Å². The van der Waals surface area contributed by atoms with Crippen molar-refractivity contribution in [1.82, 2.24) is 16.0 Å². The predicted octanol–water partition coefficient (Wildman–Crippen LogP) is -1.07. The van der Waals surface area contributed by atoms with Gasteiger partial charge in [-0.2, -0.15) is 12.6 Å². The van der Waals surface area contributed by atoms with Crippen LogP contribution < -0.4 is 33.2 Å². The van der Waals surface area contributed by atoms with Crippen molar-refractivity contribution in [3.05, 3.63) is 0 Å². The Morgan fingerprint density at radius 1 is 0.853 bits per heavy atom. The van der Waals surface area contributed by atoms with Gasteiger partial charge in [0.05, 0.1) is 6.04 Å². The standard InChI is InChI=1S/C21H41N7O5S/c1-11(2)8-15(27-17(29)13(22)10-34)19(31)28-16(9-12(3)4)18(30)26-14(20(32)33)6-5-7-25-21(23)24/h11-16,34H,5-10,22H2,1-4H3,(H,26,30)(H,27,29)(H,28,31)(H,32,33)(H4,23,24,25). The van der Waals surface area contributed by atoms with Gasteiger partial charge < -0.3 is 38.3 Å². The molecular formula is C21H41N7O5S. The SMILES string of the molecule is CC(C)CC(NC(=O)C(N)CS)C(=O)NC(CC(C)C)C(=O)NC(CCCN=C(N)N)C(=O)O. The van der Waals surface area contributed by atoms with E-state index in [0.29, 0.717) is 12.8 Å². The monoisotopic (exact) mass is 503 g/mol. The summed E-state index contributed by atoms with van der Waals surface area (Å²) in [6.45, 7) is 7.75. The van der Waals surface area contributed by atoms with E-state index in [4.69, 9.17) is 17.2 Å². The maximum Gasteiger partial charge on any atom is 0.326 e. The van der Waals surface area contributed by atoms with Gasteiger partial charge in [-0.15, -0.1) is 0 Å². The molecule has 0 radical (unpaired) electrons. The number of aliphatic carboxylic acids is 1. The first-order valence-corrected chi connectivity index (χ1v) is 12.0. The van der Waals surface area contributed by atoms with Crippen molar-refractivity contribution in [3.8, 4) is 0 Å². The maximum absolute atomic E-state index is 13.0. The Morgan fingerprint density at radius 3 is 1.68 bits per heavy atom. The third kappa shape index (κ3) is 13.2. The van der Waals surface area contributed by atoms with E-state index in [1.807, 2.05) is 27.7 Å². The molecule has 0 bridgehead atoms. The second-order valence-corrected chi connectivity index (χ2v) is 9.38. The van der Waals surface area contributed by atoms with E-state index in [2.05, 4.69) is 33.6 Å². The molecule has 0 aliphatic heterocycles. The van der Waals surface area contributed by atoms with Gasteiger partial charge >= 0.3 is 5.97 Å². The minimum absolute atomic E-state index is 0.0249. The van der Waals surface area contributed by atoms with E-state index >= 15 is 0 Å². The van der Waals surface area contributed by atoms with E-state index in [0.717, 1.165) is 0 Å². The van der Waals surface area contributed by atoms with Crippen molar-refractivity contribution in [1.29, 1.82) is 0 Å². The van der Waals surface area contributed by atoms with Gasteiger partial charge in [0.1, 0.15) is 18.1 Å². The predicted molar refractivity (Wildman–Crippen MR) is 134 cm³/mol. The lowest BCUT2D eigenvalue weighted by Gasteiger charge is -2.26. The van der Waals surface area contributed by atoms with Crippen LogP contribution in [0.15, 0.2) is 4.99 Å². The fourth-order valence-electron chi connectivity index (χ4n) is 3.07. The summed E-state index contributed by atoms with van der Waals surface area (Å²) in [7, 11) is 0. The van der Waals surface area contributed by atoms with Crippen LogP contribution in [0.4, 0.5) is 0 Å². The lowest BCUT2D eigenvalue weighted by Crippen LogP contribution is -2.57. The number of carboxylic acids is 1. The van der Waals surface area contributed by atoms with Crippen LogP contribution in [0.1, 0.15) is 53.4 Å². The highest BCUT2D eigenvalue weighted by Crippen LogP contribution is 2.10. The molecule has 0 aromatic carbocycles. The van der Waals surface area contributed by atoms with Gasteiger partial charge in [0, 0.05) is 12.3 Å². The Morgan fingerprint density at radius 2 is 1.29 bits per heavy atom. The van der Waals surface area contributed by atoms with Gasteiger partial charge in [-0.25, -0.2) is 4.79 Å². The molecule has 0 aromatic heterocycles. The fourth-order valence-corrected chi connectivity index (χ4v) is 3.24. The third-order valence-corrected chi connectivity index (χ3v) is 5.17. The second kappa shape index (κ2) is 16.1. The summed E-state index contributed by atoms with van der Waals surface area (Å²) in [4.78, 5) is 53.5. The fraction of sp³-hybridized carbons (Fsp3) is 0.762. The number of nitrogens with zero attached hydrogens (tertiary/aromatic N) is 1. The number of carboxylic acid groups (broad SMARTS) is 1. The molecule has 0 fully saturated rings. The summed E-state index contributed by atoms with van der Waals surface area (Å²) in [5.74, 6) is -2.80. The Hall–Kier alpha value is -2.54. The molecular weight excluding hydrogens is 462 g/mol. The molecule has 196 valence electrons. The lowest BCUT2D eigenvalue weighted by atomic mass is 9.99. The van der Waals surface area contributed by atoms with Crippen LogP contribution in [0.25, 0.3) is 0 Å². The largest absolute Gasteiger partial charge is 0.480 e. The summed E-state index contributed by atoms with van der Waals surface area (Å²) in [6.07, 6.45) is 1.05. The summed E-state index contributed by atoms with van der Waals surface area (Å²) in [5.41, 5.74) is 16.2. The molecule has 0 rings (SSSR count). The number of amides is 3. The van der Waals surface area contributed by atoms with Crippen LogP contribution in [0, 0.1) is 11.8 Å². The van der Waals surface area contributed by atoms with E-state index < -0.39 is 47.9 Å². The smallest absolute Gasteiger partial charge is 0.326 e. The number of hydrogen-bond donors (Lipinski definition) is 8. The average Bonchev–Trinajstić information content (AvgIpc) is 2.72. The van der Waals surface area contributed by atoms with Crippen LogP contribution >= 0.6 is 12.6 Å². The first-order valence-electron chi connectivity index (χ1n) is 11.3. The number of carbonyl (C=O) groups excluding carboxylic acids is 3. The number of nitrogens with two attached hydrogens (primary N) is 3. The summed E-state index contributed by atoms with van der Waals surface area (Å²) in [5, 5.41) is 17.3. The first-order chi connectivity index (χ1) is 15.8. The normalized spacial score (nSPS) is 14.6. The highest BCUT2D eigenvalue weighted by Gasteiger charge is 2.30.